The van der Waals surface area contributed by atoms with E-state index in [9.17, 15) is 0 Å². The van der Waals surface area contributed by atoms with Crippen molar-refractivity contribution in [2.45, 2.75) is 33.0 Å². The minimum Gasteiger partial charge on any atom is -0.496 e. The van der Waals surface area contributed by atoms with Gasteiger partial charge >= 0.3 is 0 Å². The maximum atomic E-state index is 5.88. The highest BCUT2D eigenvalue weighted by Gasteiger charge is 2.24. The van der Waals surface area contributed by atoms with Crippen LogP contribution in [0.3, 0.4) is 0 Å². The molecular formula is C13H17BrO3. The van der Waals surface area contributed by atoms with Gasteiger partial charge < -0.3 is 14.2 Å². The molecule has 0 aromatic heterocycles. The summed E-state index contributed by atoms with van der Waals surface area (Å²) >= 11 is 3.53. The van der Waals surface area contributed by atoms with Crippen molar-refractivity contribution in [3.8, 4) is 11.5 Å². The zero-order chi connectivity index (χ0) is 12.4. The van der Waals surface area contributed by atoms with Gasteiger partial charge in [-0.2, -0.15) is 0 Å². The molecule has 0 saturated heterocycles. The monoisotopic (exact) mass is 300 g/mol. The largest absolute Gasteiger partial charge is 0.496 e. The van der Waals surface area contributed by atoms with Crippen LogP contribution >= 0.6 is 15.9 Å². The molecule has 0 fully saturated rings. The van der Waals surface area contributed by atoms with Crippen LogP contribution in [0.4, 0.5) is 0 Å². The van der Waals surface area contributed by atoms with E-state index in [1.165, 1.54) is 5.56 Å². The molecule has 0 bridgehead atoms. The van der Waals surface area contributed by atoms with E-state index in [2.05, 4.69) is 15.9 Å². The van der Waals surface area contributed by atoms with Crippen LogP contribution in [0.5, 0.6) is 11.5 Å². The third-order valence-electron chi connectivity index (χ3n) is 2.95. The van der Waals surface area contributed by atoms with Gasteiger partial charge in [0.05, 0.1) is 11.6 Å². The van der Waals surface area contributed by atoms with Crippen molar-refractivity contribution >= 4 is 15.9 Å². The number of benzene rings is 1. The van der Waals surface area contributed by atoms with Crippen molar-refractivity contribution < 1.29 is 14.2 Å². The van der Waals surface area contributed by atoms with Crippen molar-refractivity contribution in [2.75, 3.05) is 13.7 Å². The van der Waals surface area contributed by atoms with E-state index in [-0.39, 0.29) is 6.29 Å². The fourth-order valence-corrected chi connectivity index (χ4v) is 2.53. The van der Waals surface area contributed by atoms with E-state index >= 15 is 0 Å². The SMILES string of the molecule is CCOC1CCc2cc(OC)c(Br)c(C)c2O1. The summed E-state index contributed by atoms with van der Waals surface area (Å²) in [5.41, 5.74) is 2.27. The molecule has 3 nitrogen and oxygen atoms in total. The highest BCUT2D eigenvalue weighted by molar-refractivity contribution is 9.10. The van der Waals surface area contributed by atoms with Crippen LogP contribution in [-0.2, 0) is 11.2 Å². The third-order valence-corrected chi connectivity index (χ3v) is 3.94. The second-order valence-corrected chi connectivity index (χ2v) is 4.84. The van der Waals surface area contributed by atoms with Crippen LogP contribution in [0.1, 0.15) is 24.5 Å². The average Bonchev–Trinajstić information content (AvgIpc) is 2.34. The molecule has 17 heavy (non-hydrogen) atoms. The molecule has 0 N–H and O–H groups in total. The Balaban J connectivity index is 2.34. The minimum atomic E-state index is -0.119. The van der Waals surface area contributed by atoms with Gasteiger partial charge in [-0.05, 0) is 47.8 Å². The fraction of sp³-hybridized carbons (Fsp3) is 0.538. The Morgan fingerprint density at radius 2 is 2.29 bits per heavy atom. The van der Waals surface area contributed by atoms with Crippen molar-refractivity contribution in [1.82, 2.24) is 0 Å². The first-order valence-electron chi connectivity index (χ1n) is 5.81. The summed E-state index contributed by atoms with van der Waals surface area (Å²) in [4.78, 5) is 0. The van der Waals surface area contributed by atoms with Gasteiger partial charge in [-0.25, -0.2) is 0 Å². The fourth-order valence-electron chi connectivity index (χ4n) is 2.08. The Morgan fingerprint density at radius 1 is 1.53 bits per heavy atom. The van der Waals surface area contributed by atoms with Gasteiger partial charge in [0.25, 0.3) is 0 Å². The third kappa shape index (κ3) is 2.43. The van der Waals surface area contributed by atoms with Crippen LogP contribution in [0, 0.1) is 6.92 Å². The summed E-state index contributed by atoms with van der Waals surface area (Å²) in [7, 11) is 1.68. The lowest BCUT2D eigenvalue weighted by molar-refractivity contribution is -0.0865. The highest BCUT2D eigenvalue weighted by atomic mass is 79.9. The average molecular weight is 301 g/mol. The van der Waals surface area contributed by atoms with Gasteiger partial charge in [0, 0.05) is 18.6 Å². The standard InChI is InChI=1S/C13H17BrO3/c1-4-16-11-6-5-9-7-10(15-3)12(14)8(2)13(9)17-11/h7,11H,4-6H2,1-3H3. The molecule has 1 atom stereocenters. The molecule has 1 aliphatic heterocycles. The van der Waals surface area contributed by atoms with E-state index in [0.717, 1.165) is 34.4 Å². The van der Waals surface area contributed by atoms with Crippen molar-refractivity contribution in [2.24, 2.45) is 0 Å². The van der Waals surface area contributed by atoms with E-state index in [1.807, 2.05) is 19.9 Å². The first kappa shape index (κ1) is 12.7. The normalized spacial score (nSPS) is 18.5. The summed E-state index contributed by atoms with van der Waals surface area (Å²) in [6.45, 7) is 4.69. The topological polar surface area (TPSA) is 27.7 Å². The lowest BCUT2D eigenvalue weighted by Crippen LogP contribution is -2.26. The number of ether oxygens (including phenoxy) is 3. The first-order chi connectivity index (χ1) is 8.17. The summed E-state index contributed by atoms with van der Waals surface area (Å²) in [5, 5.41) is 0. The molecule has 2 rings (SSSR count). The van der Waals surface area contributed by atoms with Crippen molar-refractivity contribution in [3.63, 3.8) is 0 Å². The Hall–Kier alpha value is -0.740. The lowest BCUT2D eigenvalue weighted by atomic mass is 10.0. The van der Waals surface area contributed by atoms with Crippen LogP contribution in [0.2, 0.25) is 0 Å². The predicted octanol–water partition coefficient (Wildman–Crippen LogP) is 3.45. The van der Waals surface area contributed by atoms with E-state index < -0.39 is 0 Å². The Labute approximate surface area is 110 Å². The number of aryl methyl sites for hydroxylation is 1. The van der Waals surface area contributed by atoms with Crippen LogP contribution in [0.25, 0.3) is 0 Å². The minimum absolute atomic E-state index is 0.119. The number of rotatable bonds is 3. The van der Waals surface area contributed by atoms with Crippen LogP contribution in [-0.4, -0.2) is 20.0 Å². The molecule has 0 radical (unpaired) electrons. The molecule has 0 amide bonds. The van der Waals surface area contributed by atoms with Gasteiger partial charge in [0.15, 0.2) is 6.29 Å². The molecule has 1 aliphatic rings. The quantitative estimate of drug-likeness (QED) is 0.856. The molecule has 1 aromatic carbocycles. The predicted molar refractivity (Wildman–Crippen MR) is 69.8 cm³/mol. The van der Waals surface area contributed by atoms with E-state index in [4.69, 9.17) is 14.2 Å². The second-order valence-electron chi connectivity index (χ2n) is 4.05. The smallest absolute Gasteiger partial charge is 0.200 e. The molecule has 0 saturated carbocycles. The van der Waals surface area contributed by atoms with Gasteiger partial charge in [0.2, 0.25) is 0 Å². The molecule has 1 heterocycles. The maximum absolute atomic E-state index is 5.88. The zero-order valence-corrected chi connectivity index (χ0v) is 12.0. The molecule has 0 aliphatic carbocycles. The summed E-state index contributed by atoms with van der Waals surface area (Å²) < 4.78 is 17.7. The number of fused-ring (bicyclic) bond motifs is 1. The van der Waals surface area contributed by atoms with Crippen molar-refractivity contribution in [3.05, 3.63) is 21.7 Å². The molecule has 1 aromatic rings. The number of hydrogen-bond acceptors (Lipinski definition) is 3. The van der Waals surface area contributed by atoms with E-state index in [0.29, 0.717) is 6.61 Å². The first-order valence-corrected chi connectivity index (χ1v) is 6.60. The second kappa shape index (κ2) is 5.27. The lowest BCUT2D eigenvalue weighted by Gasteiger charge is -2.28. The van der Waals surface area contributed by atoms with Gasteiger partial charge in [-0.3, -0.25) is 0 Å². The number of methoxy groups -OCH3 is 1. The molecule has 94 valence electrons. The van der Waals surface area contributed by atoms with Crippen LogP contribution < -0.4 is 9.47 Å². The van der Waals surface area contributed by atoms with Crippen LogP contribution in [0.15, 0.2) is 10.5 Å². The Kier molecular flexibility index (Phi) is 3.94. The van der Waals surface area contributed by atoms with E-state index in [1.54, 1.807) is 7.11 Å². The summed E-state index contributed by atoms with van der Waals surface area (Å²) in [5.74, 6) is 1.79. The summed E-state index contributed by atoms with van der Waals surface area (Å²) in [6.07, 6.45) is 1.74. The molecule has 1 unspecified atom stereocenters. The van der Waals surface area contributed by atoms with Gasteiger partial charge in [0.1, 0.15) is 11.5 Å². The zero-order valence-electron chi connectivity index (χ0n) is 10.4. The van der Waals surface area contributed by atoms with Gasteiger partial charge in [-0.1, -0.05) is 0 Å². The maximum Gasteiger partial charge on any atom is 0.200 e. The van der Waals surface area contributed by atoms with Gasteiger partial charge in [-0.15, -0.1) is 0 Å². The highest BCUT2D eigenvalue weighted by Crippen LogP contribution is 2.40. The Morgan fingerprint density at radius 3 is 2.94 bits per heavy atom. The molecule has 4 heteroatoms. The molecular weight excluding hydrogens is 284 g/mol. The summed E-state index contributed by atoms with van der Waals surface area (Å²) in [6, 6.07) is 2.04. The number of halogens is 1. The Bertz CT molecular complexity index is 418. The molecule has 0 spiro atoms. The van der Waals surface area contributed by atoms with Crippen molar-refractivity contribution in [1.29, 1.82) is 0 Å². The number of hydrogen-bond donors (Lipinski definition) is 0.